The molecule has 66 valence electrons. The first-order valence-corrected chi connectivity index (χ1v) is 3.67. The maximum atomic E-state index is 9.29. The van der Waals surface area contributed by atoms with Gasteiger partial charge in [0.05, 0.1) is 12.7 Å². The van der Waals surface area contributed by atoms with E-state index in [0.717, 1.165) is 0 Å². The van der Waals surface area contributed by atoms with Crippen molar-refractivity contribution in [2.75, 3.05) is 13.7 Å². The predicted molar refractivity (Wildman–Crippen MR) is 37.9 cm³/mol. The van der Waals surface area contributed by atoms with Gasteiger partial charge < -0.3 is 19.7 Å². The molecular formula is C7H14O4. The Morgan fingerprint density at radius 3 is 2.64 bits per heavy atom. The van der Waals surface area contributed by atoms with E-state index in [1.165, 1.54) is 0 Å². The van der Waals surface area contributed by atoms with Gasteiger partial charge in [0.15, 0.2) is 6.29 Å². The minimum atomic E-state index is -1.06. The van der Waals surface area contributed by atoms with Gasteiger partial charge in [-0.1, -0.05) is 6.92 Å². The number of methoxy groups -OCH3 is 1. The van der Waals surface area contributed by atoms with E-state index in [9.17, 15) is 5.11 Å². The monoisotopic (exact) mass is 162 g/mol. The van der Waals surface area contributed by atoms with Gasteiger partial charge in [-0.2, -0.15) is 0 Å². The molecule has 1 saturated heterocycles. The molecule has 4 atom stereocenters. The highest BCUT2D eigenvalue weighted by Crippen LogP contribution is 2.21. The molecule has 4 unspecified atom stereocenters. The fraction of sp³-hybridized carbons (Fsp3) is 1.00. The van der Waals surface area contributed by atoms with Gasteiger partial charge in [0.2, 0.25) is 0 Å². The van der Waals surface area contributed by atoms with Crippen LogP contribution in [0.1, 0.15) is 6.92 Å². The van der Waals surface area contributed by atoms with E-state index in [-0.39, 0.29) is 12.0 Å². The third-order valence-electron chi connectivity index (χ3n) is 2.15. The summed E-state index contributed by atoms with van der Waals surface area (Å²) in [6.07, 6.45) is -2.02. The van der Waals surface area contributed by atoms with Gasteiger partial charge in [-0.25, -0.2) is 0 Å². The molecule has 1 rings (SSSR count). The van der Waals surface area contributed by atoms with Crippen molar-refractivity contribution < 1.29 is 19.7 Å². The standard InChI is InChI=1S/C7H14O4/c1-4-5(10-2)3-11-7(9)6(4)8/h4-9H,3H2,1-2H3. The lowest BCUT2D eigenvalue weighted by atomic mass is 9.96. The van der Waals surface area contributed by atoms with Crippen LogP contribution in [0.2, 0.25) is 0 Å². The van der Waals surface area contributed by atoms with Gasteiger partial charge in [0, 0.05) is 13.0 Å². The minimum Gasteiger partial charge on any atom is -0.387 e. The highest BCUT2D eigenvalue weighted by atomic mass is 16.6. The Morgan fingerprint density at radius 1 is 1.45 bits per heavy atom. The number of ether oxygens (including phenoxy) is 2. The normalized spacial score (nSPS) is 45.8. The number of hydrogen-bond donors (Lipinski definition) is 2. The molecule has 0 aliphatic carbocycles. The second-order valence-corrected chi connectivity index (χ2v) is 2.85. The van der Waals surface area contributed by atoms with E-state index in [1.807, 2.05) is 6.92 Å². The number of aliphatic hydroxyl groups is 2. The quantitative estimate of drug-likeness (QED) is 0.537. The molecule has 0 bridgehead atoms. The fourth-order valence-corrected chi connectivity index (χ4v) is 1.21. The largest absolute Gasteiger partial charge is 0.387 e. The predicted octanol–water partition coefficient (Wildman–Crippen LogP) is -0.653. The topological polar surface area (TPSA) is 58.9 Å². The summed E-state index contributed by atoms with van der Waals surface area (Å²) in [5.41, 5.74) is 0. The maximum absolute atomic E-state index is 9.29. The van der Waals surface area contributed by atoms with E-state index in [1.54, 1.807) is 7.11 Å². The fourth-order valence-electron chi connectivity index (χ4n) is 1.21. The zero-order chi connectivity index (χ0) is 8.43. The molecule has 4 nitrogen and oxygen atoms in total. The van der Waals surface area contributed by atoms with Crippen LogP contribution in [0.15, 0.2) is 0 Å². The molecular weight excluding hydrogens is 148 g/mol. The number of rotatable bonds is 1. The molecule has 11 heavy (non-hydrogen) atoms. The van der Waals surface area contributed by atoms with Gasteiger partial charge in [-0.05, 0) is 0 Å². The third kappa shape index (κ3) is 1.70. The molecule has 4 heteroatoms. The lowest BCUT2D eigenvalue weighted by Gasteiger charge is -2.35. The highest BCUT2D eigenvalue weighted by molar-refractivity contribution is 4.79. The first kappa shape index (κ1) is 8.93. The molecule has 0 aromatic carbocycles. The molecule has 0 saturated carbocycles. The summed E-state index contributed by atoms with van der Waals surface area (Å²) in [6, 6.07) is 0. The SMILES string of the molecule is COC1COC(O)C(O)C1C. The van der Waals surface area contributed by atoms with E-state index in [0.29, 0.717) is 6.61 Å². The van der Waals surface area contributed by atoms with Crippen molar-refractivity contribution in [1.29, 1.82) is 0 Å². The van der Waals surface area contributed by atoms with Crippen LogP contribution in [0.5, 0.6) is 0 Å². The molecule has 0 amide bonds. The molecule has 0 radical (unpaired) electrons. The van der Waals surface area contributed by atoms with Gasteiger partial charge in [-0.15, -0.1) is 0 Å². The maximum Gasteiger partial charge on any atom is 0.181 e. The zero-order valence-electron chi connectivity index (χ0n) is 6.73. The molecule has 2 N–H and O–H groups in total. The second kappa shape index (κ2) is 3.49. The van der Waals surface area contributed by atoms with Crippen molar-refractivity contribution in [3.05, 3.63) is 0 Å². The zero-order valence-corrected chi connectivity index (χ0v) is 6.73. The average molecular weight is 162 g/mol. The molecule has 0 aromatic rings. The van der Waals surface area contributed by atoms with Crippen LogP contribution in [0, 0.1) is 5.92 Å². The van der Waals surface area contributed by atoms with E-state index >= 15 is 0 Å². The third-order valence-corrected chi connectivity index (χ3v) is 2.15. The van der Waals surface area contributed by atoms with Gasteiger partial charge in [0.1, 0.15) is 6.10 Å². The van der Waals surface area contributed by atoms with Crippen LogP contribution in [0.25, 0.3) is 0 Å². The lowest BCUT2D eigenvalue weighted by molar-refractivity contribution is -0.237. The van der Waals surface area contributed by atoms with Crippen molar-refractivity contribution in [2.45, 2.75) is 25.4 Å². The summed E-state index contributed by atoms with van der Waals surface area (Å²) < 4.78 is 9.87. The van der Waals surface area contributed by atoms with Crippen molar-refractivity contribution in [3.63, 3.8) is 0 Å². The van der Waals surface area contributed by atoms with E-state index < -0.39 is 12.4 Å². The van der Waals surface area contributed by atoms with Crippen LogP contribution in [0.3, 0.4) is 0 Å². The summed E-state index contributed by atoms with van der Waals surface area (Å²) >= 11 is 0. The molecule has 1 aliphatic rings. The summed E-state index contributed by atoms with van der Waals surface area (Å²) in [5, 5.41) is 18.3. The Bertz CT molecular complexity index is 126. The molecule has 1 heterocycles. The van der Waals surface area contributed by atoms with Crippen LogP contribution in [0.4, 0.5) is 0 Å². The first-order valence-electron chi connectivity index (χ1n) is 3.67. The Kier molecular flexibility index (Phi) is 2.84. The van der Waals surface area contributed by atoms with Gasteiger partial charge >= 0.3 is 0 Å². The first-order chi connectivity index (χ1) is 5.16. The van der Waals surface area contributed by atoms with Gasteiger partial charge in [0.25, 0.3) is 0 Å². The second-order valence-electron chi connectivity index (χ2n) is 2.85. The smallest absolute Gasteiger partial charge is 0.181 e. The van der Waals surface area contributed by atoms with E-state index in [2.05, 4.69) is 0 Å². The Labute approximate surface area is 65.7 Å². The van der Waals surface area contributed by atoms with Crippen LogP contribution >= 0.6 is 0 Å². The minimum absolute atomic E-state index is 0.0799. The van der Waals surface area contributed by atoms with Crippen LogP contribution in [-0.2, 0) is 9.47 Å². The summed E-state index contributed by atoms with van der Waals surface area (Å²) in [5.74, 6) is -0.0799. The summed E-state index contributed by atoms with van der Waals surface area (Å²) in [7, 11) is 1.56. The molecule has 1 aliphatic heterocycles. The van der Waals surface area contributed by atoms with Crippen molar-refractivity contribution >= 4 is 0 Å². The summed E-state index contributed by atoms with van der Waals surface area (Å²) in [4.78, 5) is 0. The van der Waals surface area contributed by atoms with Gasteiger partial charge in [-0.3, -0.25) is 0 Å². The van der Waals surface area contributed by atoms with Crippen molar-refractivity contribution in [2.24, 2.45) is 5.92 Å². The average Bonchev–Trinajstić information content (AvgIpc) is 2.01. The molecule has 1 fully saturated rings. The van der Waals surface area contributed by atoms with E-state index in [4.69, 9.17) is 14.6 Å². The molecule has 0 aromatic heterocycles. The summed E-state index contributed by atoms with van der Waals surface area (Å²) in [6.45, 7) is 2.17. The Hall–Kier alpha value is -0.160. The Morgan fingerprint density at radius 2 is 2.09 bits per heavy atom. The van der Waals surface area contributed by atoms with Crippen molar-refractivity contribution in [1.82, 2.24) is 0 Å². The Balaban J connectivity index is 2.52. The van der Waals surface area contributed by atoms with Crippen LogP contribution in [-0.4, -0.2) is 42.4 Å². The molecule has 0 spiro atoms. The highest BCUT2D eigenvalue weighted by Gasteiger charge is 2.35. The number of aliphatic hydroxyl groups excluding tert-OH is 2. The van der Waals surface area contributed by atoms with Crippen LogP contribution < -0.4 is 0 Å². The lowest BCUT2D eigenvalue weighted by Crippen LogP contribution is -2.48. The number of hydrogen-bond acceptors (Lipinski definition) is 4. The van der Waals surface area contributed by atoms with Crippen molar-refractivity contribution in [3.8, 4) is 0 Å².